The molecule has 1 atom stereocenters. The van der Waals surface area contributed by atoms with Gasteiger partial charge in [-0.2, -0.15) is 0 Å². The van der Waals surface area contributed by atoms with Gasteiger partial charge in [0.25, 0.3) is 0 Å². The van der Waals surface area contributed by atoms with Crippen molar-refractivity contribution in [3.05, 3.63) is 29.8 Å². The quantitative estimate of drug-likeness (QED) is 0.549. The molecule has 0 saturated heterocycles. The van der Waals surface area contributed by atoms with Gasteiger partial charge in [-0.05, 0) is 39.3 Å². The summed E-state index contributed by atoms with van der Waals surface area (Å²) in [4.78, 5) is 12.1. The number of nitrogens with one attached hydrogen (secondary N) is 1. The number of esters is 1. The van der Waals surface area contributed by atoms with Crippen molar-refractivity contribution in [2.75, 3.05) is 13.2 Å². The predicted molar refractivity (Wildman–Crippen MR) is 85.1 cm³/mol. The van der Waals surface area contributed by atoms with Crippen LogP contribution in [0, 0.1) is 0 Å². The fourth-order valence-electron chi connectivity index (χ4n) is 1.64. The van der Waals surface area contributed by atoms with Crippen molar-refractivity contribution < 1.29 is 23.1 Å². The van der Waals surface area contributed by atoms with E-state index in [9.17, 15) is 9.36 Å². The molecular formula is C15H24NO5P. The lowest BCUT2D eigenvalue weighted by Crippen LogP contribution is -2.19. The molecule has 1 aromatic rings. The maximum Gasteiger partial charge on any atom is 0.458 e. The topological polar surface area (TPSA) is 73.9 Å². The van der Waals surface area contributed by atoms with Crippen LogP contribution in [-0.4, -0.2) is 25.2 Å². The molecule has 7 heteroatoms. The number of ether oxygens (including phenoxy) is 1. The van der Waals surface area contributed by atoms with Gasteiger partial charge in [-0.1, -0.05) is 19.1 Å². The Kier molecular flexibility index (Phi) is 7.59. The van der Waals surface area contributed by atoms with Crippen LogP contribution in [0.1, 0.15) is 44.5 Å². The van der Waals surface area contributed by atoms with Gasteiger partial charge in [0.05, 0.1) is 12.7 Å². The third-order valence-electron chi connectivity index (χ3n) is 2.52. The molecular weight excluding hydrogens is 305 g/mol. The predicted octanol–water partition coefficient (Wildman–Crippen LogP) is 3.77. The van der Waals surface area contributed by atoms with Gasteiger partial charge in [0.2, 0.25) is 0 Å². The van der Waals surface area contributed by atoms with Gasteiger partial charge in [-0.3, -0.25) is 4.52 Å². The van der Waals surface area contributed by atoms with Gasteiger partial charge >= 0.3 is 13.7 Å². The summed E-state index contributed by atoms with van der Waals surface area (Å²) < 4.78 is 28.5. The highest BCUT2D eigenvalue weighted by atomic mass is 31.2. The van der Waals surface area contributed by atoms with Gasteiger partial charge in [-0.25, -0.2) is 14.4 Å². The van der Waals surface area contributed by atoms with Crippen LogP contribution in [0.25, 0.3) is 0 Å². The van der Waals surface area contributed by atoms with Gasteiger partial charge in [-0.15, -0.1) is 0 Å². The second-order valence-corrected chi connectivity index (χ2v) is 6.62. The molecule has 0 heterocycles. The highest BCUT2D eigenvalue weighted by molar-refractivity contribution is 7.52. The molecule has 0 aromatic heterocycles. The number of para-hydroxylation sites is 1. The Hall–Kier alpha value is -1.36. The minimum atomic E-state index is -3.52. The zero-order valence-corrected chi connectivity index (χ0v) is 14.4. The zero-order chi connectivity index (χ0) is 16.6. The van der Waals surface area contributed by atoms with Gasteiger partial charge < -0.3 is 9.26 Å². The first kappa shape index (κ1) is 18.7. The van der Waals surface area contributed by atoms with E-state index in [0.29, 0.717) is 6.54 Å². The van der Waals surface area contributed by atoms with E-state index < -0.39 is 13.7 Å². The van der Waals surface area contributed by atoms with Crippen LogP contribution >= 0.6 is 7.75 Å². The van der Waals surface area contributed by atoms with Gasteiger partial charge in [0, 0.05) is 6.54 Å². The van der Waals surface area contributed by atoms with E-state index in [1.54, 1.807) is 45.0 Å². The van der Waals surface area contributed by atoms with Crippen molar-refractivity contribution in [2.24, 2.45) is 0 Å². The molecule has 0 bridgehead atoms. The second-order valence-electron chi connectivity index (χ2n) is 4.86. The van der Waals surface area contributed by atoms with Crippen LogP contribution < -0.4 is 9.61 Å². The highest BCUT2D eigenvalue weighted by Crippen LogP contribution is 2.45. The Balaban J connectivity index is 3.00. The highest BCUT2D eigenvalue weighted by Gasteiger charge is 2.27. The Morgan fingerprint density at radius 1 is 1.27 bits per heavy atom. The van der Waals surface area contributed by atoms with Crippen molar-refractivity contribution >= 4 is 13.7 Å². The van der Waals surface area contributed by atoms with E-state index in [2.05, 4.69) is 5.09 Å². The zero-order valence-electron chi connectivity index (χ0n) is 13.5. The summed E-state index contributed by atoms with van der Waals surface area (Å²) in [5.74, 6) is -0.349. The van der Waals surface area contributed by atoms with Gasteiger partial charge in [0.15, 0.2) is 0 Å². The molecule has 1 N–H and O–H groups in total. The third kappa shape index (κ3) is 5.79. The largest absolute Gasteiger partial charge is 0.459 e. The second kappa shape index (κ2) is 8.93. The number of rotatable bonds is 9. The smallest absolute Gasteiger partial charge is 0.458 e. The van der Waals surface area contributed by atoms with Crippen molar-refractivity contribution in [3.63, 3.8) is 0 Å². The molecule has 0 radical (unpaired) electrons. The fraction of sp³-hybridized carbons (Fsp3) is 0.533. The van der Waals surface area contributed by atoms with Crippen molar-refractivity contribution in [1.29, 1.82) is 0 Å². The number of carbonyl (C=O) groups is 1. The van der Waals surface area contributed by atoms with Crippen molar-refractivity contribution in [2.45, 2.75) is 40.2 Å². The molecule has 0 aliphatic heterocycles. The minimum Gasteiger partial charge on any atom is -0.459 e. The molecule has 0 saturated carbocycles. The molecule has 6 nitrogen and oxygen atoms in total. The summed E-state index contributed by atoms with van der Waals surface area (Å²) in [6, 6.07) is 6.51. The first-order valence-corrected chi connectivity index (χ1v) is 8.95. The number of hydrogen-bond acceptors (Lipinski definition) is 5. The average Bonchev–Trinajstić information content (AvgIpc) is 2.45. The number of hydrogen-bond donors (Lipinski definition) is 1. The van der Waals surface area contributed by atoms with Gasteiger partial charge in [0.1, 0.15) is 11.3 Å². The lowest BCUT2D eigenvalue weighted by atomic mass is 10.2. The Labute approximate surface area is 131 Å². The molecule has 0 fully saturated rings. The SMILES string of the molecule is CCCNP(=O)(OCC)Oc1ccccc1C(=O)OC(C)C. The molecule has 124 valence electrons. The summed E-state index contributed by atoms with van der Waals surface area (Å²) in [6.07, 6.45) is 0.523. The summed E-state index contributed by atoms with van der Waals surface area (Å²) >= 11 is 0. The number of benzene rings is 1. The Bertz CT molecular complexity index is 532. The first-order valence-electron chi connectivity index (χ1n) is 7.41. The average molecular weight is 329 g/mol. The summed E-state index contributed by atoms with van der Waals surface area (Å²) in [7, 11) is -3.52. The van der Waals surface area contributed by atoms with E-state index in [-0.39, 0.29) is 24.0 Å². The Morgan fingerprint density at radius 2 is 1.95 bits per heavy atom. The van der Waals surface area contributed by atoms with E-state index in [1.165, 1.54) is 0 Å². The standard InChI is InChI=1S/C15H24NO5P/c1-5-11-16-22(18,19-6-2)21-14-10-8-7-9-13(14)15(17)20-12(3)4/h7-10,12H,5-6,11H2,1-4H3,(H,16,18). The fourth-order valence-corrected chi connectivity index (χ4v) is 3.11. The lowest BCUT2D eigenvalue weighted by molar-refractivity contribution is 0.0376. The molecule has 1 rings (SSSR count). The van der Waals surface area contributed by atoms with E-state index in [4.69, 9.17) is 13.8 Å². The van der Waals surface area contributed by atoms with E-state index in [1.807, 2.05) is 6.92 Å². The molecule has 0 aliphatic carbocycles. The maximum atomic E-state index is 12.6. The third-order valence-corrected chi connectivity index (χ3v) is 4.17. The van der Waals surface area contributed by atoms with Crippen LogP contribution in [0.15, 0.2) is 24.3 Å². The van der Waals surface area contributed by atoms with E-state index in [0.717, 1.165) is 6.42 Å². The van der Waals surface area contributed by atoms with Crippen molar-refractivity contribution in [1.82, 2.24) is 5.09 Å². The molecule has 0 spiro atoms. The number of carbonyl (C=O) groups excluding carboxylic acids is 1. The van der Waals surface area contributed by atoms with Crippen LogP contribution in [-0.2, 0) is 13.8 Å². The monoisotopic (exact) mass is 329 g/mol. The maximum absolute atomic E-state index is 12.6. The van der Waals surface area contributed by atoms with Crippen LogP contribution in [0.3, 0.4) is 0 Å². The lowest BCUT2D eigenvalue weighted by Gasteiger charge is -2.20. The first-order chi connectivity index (χ1) is 10.4. The summed E-state index contributed by atoms with van der Waals surface area (Å²) in [6.45, 7) is 7.90. The van der Waals surface area contributed by atoms with Crippen LogP contribution in [0.4, 0.5) is 0 Å². The normalized spacial score (nSPS) is 13.7. The summed E-state index contributed by atoms with van der Waals surface area (Å²) in [5.41, 5.74) is 0.217. The molecule has 1 unspecified atom stereocenters. The van der Waals surface area contributed by atoms with Crippen LogP contribution in [0.5, 0.6) is 5.75 Å². The summed E-state index contributed by atoms with van der Waals surface area (Å²) in [5, 5.41) is 2.76. The van der Waals surface area contributed by atoms with Crippen molar-refractivity contribution in [3.8, 4) is 5.75 Å². The molecule has 0 amide bonds. The molecule has 0 aliphatic rings. The molecule has 22 heavy (non-hydrogen) atoms. The van der Waals surface area contributed by atoms with E-state index >= 15 is 0 Å². The van der Waals surface area contributed by atoms with Crippen LogP contribution in [0.2, 0.25) is 0 Å². The molecule has 1 aromatic carbocycles. The minimum absolute atomic E-state index is 0.175. The Morgan fingerprint density at radius 3 is 2.55 bits per heavy atom.